The van der Waals surface area contributed by atoms with E-state index < -0.39 is 0 Å². The average molecular weight is 257 g/mol. The van der Waals surface area contributed by atoms with Crippen molar-refractivity contribution in [1.82, 2.24) is 9.78 Å². The minimum atomic E-state index is -0.115. The number of nitrogens with zero attached hydrogens (tertiary/aromatic N) is 2. The molecule has 2 aromatic rings. The molecule has 1 aromatic carbocycles. The Bertz CT molecular complexity index is 549. The number of rotatable bonds is 3. The normalized spacial score (nSPS) is 13.5. The summed E-state index contributed by atoms with van der Waals surface area (Å²) in [5, 5.41) is 4.31. The molecule has 0 saturated heterocycles. The molecule has 19 heavy (non-hydrogen) atoms. The SMILES string of the molecule is CCn1cc(C(N)c2ccccc2C(C)(C)C)cn1. The van der Waals surface area contributed by atoms with E-state index in [0.29, 0.717) is 0 Å². The molecule has 0 saturated carbocycles. The Balaban J connectivity index is 2.41. The van der Waals surface area contributed by atoms with Crippen molar-refractivity contribution in [3.8, 4) is 0 Å². The fraction of sp³-hybridized carbons (Fsp3) is 0.438. The van der Waals surface area contributed by atoms with E-state index in [9.17, 15) is 0 Å². The summed E-state index contributed by atoms with van der Waals surface area (Å²) in [5.74, 6) is 0. The topological polar surface area (TPSA) is 43.8 Å². The Morgan fingerprint density at radius 3 is 2.53 bits per heavy atom. The van der Waals surface area contributed by atoms with E-state index in [-0.39, 0.29) is 11.5 Å². The van der Waals surface area contributed by atoms with Gasteiger partial charge in [-0.05, 0) is 23.5 Å². The molecule has 1 heterocycles. The molecule has 2 rings (SSSR count). The molecule has 1 aromatic heterocycles. The van der Waals surface area contributed by atoms with Crippen molar-refractivity contribution in [2.75, 3.05) is 0 Å². The summed E-state index contributed by atoms with van der Waals surface area (Å²) >= 11 is 0. The van der Waals surface area contributed by atoms with E-state index >= 15 is 0 Å². The van der Waals surface area contributed by atoms with Crippen molar-refractivity contribution in [1.29, 1.82) is 0 Å². The maximum absolute atomic E-state index is 6.43. The van der Waals surface area contributed by atoms with Crippen LogP contribution in [0.25, 0.3) is 0 Å². The van der Waals surface area contributed by atoms with Gasteiger partial charge in [0.25, 0.3) is 0 Å². The van der Waals surface area contributed by atoms with Crippen LogP contribution in [0.3, 0.4) is 0 Å². The van der Waals surface area contributed by atoms with E-state index in [1.807, 2.05) is 17.1 Å². The second-order valence-corrected chi connectivity index (χ2v) is 5.94. The van der Waals surface area contributed by atoms with Gasteiger partial charge in [0.05, 0.1) is 12.2 Å². The van der Waals surface area contributed by atoms with E-state index in [1.54, 1.807) is 0 Å². The van der Waals surface area contributed by atoms with E-state index in [0.717, 1.165) is 12.1 Å². The van der Waals surface area contributed by atoms with Gasteiger partial charge in [0.1, 0.15) is 0 Å². The first-order valence-corrected chi connectivity index (χ1v) is 6.81. The summed E-state index contributed by atoms with van der Waals surface area (Å²) < 4.78 is 1.91. The Hall–Kier alpha value is -1.61. The van der Waals surface area contributed by atoms with Crippen LogP contribution in [0.4, 0.5) is 0 Å². The van der Waals surface area contributed by atoms with Crippen LogP contribution >= 0.6 is 0 Å². The molecule has 2 N–H and O–H groups in total. The lowest BCUT2D eigenvalue weighted by Crippen LogP contribution is -2.20. The molecule has 0 spiro atoms. The third-order valence-electron chi connectivity index (χ3n) is 3.44. The number of benzene rings is 1. The van der Waals surface area contributed by atoms with Crippen LogP contribution in [0.1, 0.15) is 50.4 Å². The molecule has 3 heteroatoms. The highest BCUT2D eigenvalue weighted by molar-refractivity contribution is 5.39. The van der Waals surface area contributed by atoms with Gasteiger partial charge in [0.15, 0.2) is 0 Å². The Morgan fingerprint density at radius 1 is 1.26 bits per heavy atom. The first-order valence-electron chi connectivity index (χ1n) is 6.81. The van der Waals surface area contributed by atoms with Crippen molar-refractivity contribution in [2.24, 2.45) is 5.73 Å². The van der Waals surface area contributed by atoms with Crippen molar-refractivity contribution in [3.63, 3.8) is 0 Å². The quantitative estimate of drug-likeness (QED) is 0.917. The lowest BCUT2D eigenvalue weighted by atomic mass is 9.81. The predicted molar refractivity (Wildman–Crippen MR) is 79.1 cm³/mol. The highest BCUT2D eigenvalue weighted by Crippen LogP contribution is 2.31. The zero-order valence-electron chi connectivity index (χ0n) is 12.2. The minimum absolute atomic E-state index is 0.0922. The molecular weight excluding hydrogens is 234 g/mol. The number of nitrogens with two attached hydrogens (primary N) is 1. The molecule has 0 bridgehead atoms. The molecule has 0 radical (unpaired) electrons. The zero-order valence-corrected chi connectivity index (χ0v) is 12.2. The third kappa shape index (κ3) is 2.87. The Labute approximate surface area is 115 Å². The number of aromatic nitrogens is 2. The highest BCUT2D eigenvalue weighted by Gasteiger charge is 2.22. The van der Waals surface area contributed by atoms with E-state index in [4.69, 9.17) is 5.73 Å². The van der Waals surface area contributed by atoms with Gasteiger partial charge in [-0.25, -0.2) is 0 Å². The number of hydrogen-bond acceptors (Lipinski definition) is 2. The number of aryl methyl sites for hydroxylation is 1. The van der Waals surface area contributed by atoms with Gasteiger partial charge in [0.2, 0.25) is 0 Å². The Kier molecular flexibility index (Phi) is 3.76. The molecule has 0 amide bonds. The molecule has 3 nitrogen and oxygen atoms in total. The van der Waals surface area contributed by atoms with Crippen LogP contribution in [0.5, 0.6) is 0 Å². The van der Waals surface area contributed by atoms with Gasteiger partial charge in [-0.3, -0.25) is 4.68 Å². The summed E-state index contributed by atoms with van der Waals surface area (Å²) in [6, 6.07) is 8.30. The van der Waals surface area contributed by atoms with Gasteiger partial charge in [0, 0.05) is 18.3 Å². The standard InChI is InChI=1S/C16H23N3/c1-5-19-11-12(10-18-19)15(17)13-8-6-7-9-14(13)16(2,3)4/h6-11,15H,5,17H2,1-4H3. The average Bonchev–Trinajstić information content (AvgIpc) is 2.85. The largest absolute Gasteiger partial charge is 0.320 e. The maximum atomic E-state index is 6.43. The van der Waals surface area contributed by atoms with Crippen molar-refractivity contribution >= 4 is 0 Å². The van der Waals surface area contributed by atoms with E-state index in [1.165, 1.54) is 11.1 Å². The monoisotopic (exact) mass is 257 g/mol. The smallest absolute Gasteiger partial charge is 0.0585 e. The molecule has 0 aliphatic heterocycles. The summed E-state index contributed by atoms with van der Waals surface area (Å²) in [6.45, 7) is 9.59. The Morgan fingerprint density at radius 2 is 1.95 bits per heavy atom. The maximum Gasteiger partial charge on any atom is 0.0585 e. The first kappa shape index (κ1) is 13.8. The van der Waals surface area contributed by atoms with Gasteiger partial charge < -0.3 is 5.73 Å². The molecule has 102 valence electrons. The van der Waals surface area contributed by atoms with Crippen LogP contribution < -0.4 is 5.73 Å². The van der Waals surface area contributed by atoms with Gasteiger partial charge in [-0.2, -0.15) is 5.10 Å². The lowest BCUT2D eigenvalue weighted by molar-refractivity contribution is 0.577. The summed E-state index contributed by atoms with van der Waals surface area (Å²) in [6.07, 6.45) is 3.90. The molecule has 1 atom stereocenters. The highest BCUT2D eigenvalue weighted by atomic mass is 15.3. The predicted octanol–water partition coefficient (Wildman–Crippen LogP) is 3.25. The van der Waals surface area contributed by atoms with Crippen molar-refractivity contribution < 1.29 is 0 Å². The van der Waals surface area contributed by atoms with Crippen molar-refractivity contribution in [3.05, 3.63) is 53.3 Å². The molecule has 0 aliphatic rings. The van der Waals surface area contributed by atoms with Gasteiger partial charge >= 0.3 is 0 Å². The minimum Gasteiger partial charge on any atom is -0.320 e. The van der Waals surface area contributed by atoms with Crippen LogP contribution in [0.2, 0.25) is 0 Å². The van der Waals surface area contributed by atoms with Crippen LogP contribution in [-0.2, 0) is 12.0 Å². The van der Waals surface area contributed by atoms with Crippen molar-refractivity contribution in [2.45, 2.75) is 45.7 Å². The summed E-state index contributed by atoms with van der Waals surface area (Å²) in [5.41, 5.74) is 10.1. The molecule has 0 fully saturated rings. The fourth-order valence-electron chi connectivity index (χ4n) is 2.34. The van der Waals surface area contributed by atoms with Gasteiger partial charge in [-0.1, -0.05) is 45.0 Å². The summed E-state index contributed by atoms with van der Waals surface area (Å²) in [7, 11) is 0. The second kappa shape index (κ2) is 5.17. The second-order valence-electron chi connectivity index (χ2n) is 5.94. The third-order valence-corrected chi connectivity index (χ3v) is 3.44. The van der Waals surface area contributed by atoms with Crippen LogP contribution in [-0.4, -0.2) is 9.78 Å². The number of hydrogen-bond donors (Lipinski definition) is 1. The zero-order chi connectivity index (χ0) is 14.0. The fourth-order valence-corrected chi connectivity index (χ4v) is 2.34. The first-order chi connectivity index (χ1) is 8.93. The van der Waals surface area contributed by atoms with Crippen LogP contribution in [0, 0.1) is 0 Å². The molecular formula is C16H23N3. The van der Waals surface area contributed by atoms with E-state index in [2.05, 4.69) is 57.1 Å². The van der Waals surface area contributed by atoms with Gasteiger partial charge in [-0.15, -0.1) is 0 Å². The lowest BCUT2D eigenvalue weighted by Gasteiger charge is -2.25. The molecule has 0 aliphatic carbocycles. The summed E-state index contributed by atoms with van der Waals surface area (Å²) in [4.78, 5) is 0. The van der Waals surface area contributed by atoms with Crippen LogP contribution in [0.15, 0.2) is 36.7 Å². The molecule has 1 unspecified atom stereocenters.